The number of aromatic nitrogens is 2. The van der Waals surface area contributed by atoms with E-state index < -0.39 is 0 Å². The lowest BCUT2D eigenvalue weighted by Gasteiger charge is -2.01. The summed E-state index contributed by atoms with van der Waals surface area (Å²) in [7, 11) is 1.88. The number of halogens is 1. The quantitative estimate of drug-likeness (QED) is 0.755. The average Bonchev–Trinajstić information content (AvgIpc) is 2.97. The van der Waals surface area contributed by atoms with Crippen LogP contribution in [0.2, 0.25) is 0 Å². The van der Waals surface area contributed by atoms with Crippen molar-refractivity contribution in [1.29, 1.82) is 0 Å². The molecule has 0 bridgehead atoms. The molecule has 2 aromatic carbocycles. The molecule has 4 heteroatoms. The number of hydrogen-bond donors (Lipinski definition) is 2. The summed E-state index contributed by atoms with van der Waals surface area (Å²) in [5, 5.41) is 3.08. The highest BCUT2D eigenvalue weighted by atomic mass is 19.1. The second kappa shape index (κ2) is 5.17. The minimum absolute atomic E-state index is 0.265. The van der Waals surface area contributed by atoms with Crippen LogP contribution in [0, 0.1) is 5.82 Å². The summed E-state index contributed by atoms with van der Waals surface area (Å²) in [4.78, 5) is 7.52. The van der Waals surface area contributed by atoms with E-state index >= 15 is 0 Å². The summed E-state index contributed by atoms with van der Waals surface area (Å²) in [6, 6.07) is 14.4. The molecular weight excluding hydrogens is 253 g/mol. The Bertz CT molecular complexity index is 717. The van der Waals surface area contributed by atoms with Crippen LogP contribution >= 0.6 is 0 Å². The highest BCUT2D eigenvalue weighted by Gasteiger charge is 2.06. The third-order valence-electron chi connectivity index (χ3n) is 3.16. The van der Waals surface area contributed by atoms with E-state index in [2.05, 4.69) is 15.3 Å². The van der Waals surface area contributed by atoms with Crippen LogP contribution < -0.4 is 5.32 Å². The SMILES string of the molecule is CNc1ccc(-c2cnc(-c3cccc(F)c3)[nH]2)cc1. The molecule has 0 atom stereocenters. The predicted molar refractivity (Wildman–Crippen MR) is 79.0 cm³/mol. The van der Waals surface area contributed by atoms with E-state index in [0.717, 1.165) is 22.5 Å². The predicted octanol–water partition coefficient (Wildman–Crippen LogP) is 3.92. The molecule has 0 fully saturated rings. The Balaban J connectivity index is 1.93. The van der Waals surface area contributed by atoms with Gasteiger partial charge in [-0.15, -0.1) is 0 Å². The highest BCUT2D eigenvalue weighted by molar-refractivity contribution is 5.66. The van der Waals surface area contributed by atoms with Gasteiger partial charge in [-0.3, -0.25) is 0 Å². The second-order valence-electron chi connectivity index (χ2n) is 4.48. The molecular formula is C16H14FN3. The molecule has 0 radical (unpaired) electrons. The van der Waals surface area contributed by atoms with Gasteiger partial charge in [-0.1, -0.05) is 24.3 Å². The summed E-state index contributed by atoms with van der Waals surface area (Å²) in [6.45, 7) is 0. The number of H-pyrrole nitrogens is 1. The molecule has 1 aromatic heterocycles. The van der Waals surface area contributed by atoms with Gasteiger partial charge in [0.05, 0.1) is 11.9 Å². The fraction of sp³-hybridized carbons (Fsp3) is 0.0625. The molecule has 0 aliphatic rings. The standard InChI is InChI=1S/C16H14FN3/c1-18-14-7-5-11(6-8-14)15-10-19-16(20-15)12-3-2-4-13(17)9-12/h2-10,18H,1H3,(H,19,20). The number of nitrogens with one attached hydrogen (secondary N) is 2. The maximum Gasteiger partial charge on any atom is 0.137 e. The van der Waals surface area contributed by atoms with Crippen LogP contribution in [0.15, 0.2) is 54.7 Å². The zero-order chi connectivity index (χ0) is 13.9. The first-order chi connectivity index (χ1) is 9.76. The minimum Gasteiger partial charge on any atom is -0.388 e. The number of anilines is 1. The van der Waals surface area contributed by atoms with Crippen molar-refractivity contribution in [2.75, 3.05) is 12.4 Å². The van der Waals surface area contributed by atoms with Crippen molar-refractivity contribution >= 4 is 5.69 Å². The minimum atomic E-state index is -0.265. The summed E-state index contributed by atoms with van der Waals surface area (Å²) in [6.07, 6.45) is 1.76. The van der Waals surface area contributed by atoms with Crippen molar-refractivity contribution in [3.8, 4) is 22.6 Å². The second-order valence-corrected chi connectivity index (χ2v) is 4.48. The van der Waals surface area contributed by atoms with E-state index in [1.54, 1.807) is 12.3 Å². The molecule has 0 saturated heterocycles. The fourth-order valence-electron chi connectivity index (χ4n) is 2.07. The molecule has 3 rings (SSSR count). The van der Waals surface area contributed by atoms with E-state index in [-0.39, 0.29) is 5.82 Å². The van der Waals surface area contributed by atoms with Crippen LogP contribution in [0.4, 0.5) is 10.1 Å². The van der Waals surface area contributed by atoms with Gasteiger partial charge >= 0.3 is 0 Å². The number of aromatic amines is 1. The van der Waals surface area contributed by atoms with E-state index in [1.165, 1.54) is 12.1 Å². The summed E-state index contributed by atoms with van der Waals surface area (Å²) >= 11 is 0. The lowest BCUT2D eigenvalue weighted by molar-refractivity contribution is 0.628. The normalized spacial score (nSPS) is 10.5. The molecule has 3 nitrogen and oxygen atoms in total. The van der Waals surface area contributed by atoms with Crippen molar-refractivity contribution in [2.45, 2.75) is 0 Å². The van der Waals surface area contributed by atoms with Gasteiger partial charge in [0, 0.05) is 18.3 Å². The molecule has 0 aliphatic heterocycles. The zero-order valence-electron chi connectivity index (χ0n) is 11.0. The molecule has 20 heavy (non-hydrogen) atoms. The summed E-state index contributed by atoms with van der Waals surface area (Å²) in [5.74, 6) is 0.399. The first kappa shape index (κ1) is 12.4. The van der Waals surface area contributed by atoms with Gasteiger partial charge in [0.15, 0.2) is 0 Å². The van der Waals surface area contributed by atoms with Crippen molar-refractivity contribution in [3.63, 3.8) is 0 Å². The molecule has 0 saturated carbocycles. The Hall–Kier alpha value is -2.62. The van der Waals surface area contributed by atoms with Gasteiger partial charge in [-0.2, -0.15) is 0 Å². The number of rotatable bonds is 3. The Labute approximate surface area is 116 Å². The van der Waals surface area contributed by atoms with Crippen LogP contribution in [0.25, 0.3) is 22.6 Å². The maximum atomic E-state index is 13.2. The van der Waals surface area contributed by atoms with E-state index in [4.69, 9.17) is 0 Å². The van der Waals surface area contributed by atoms with Gasteiger partial charge in [0.25, 0.3) is 0 Å². The van der Waals surface area contributed by atoms with Crippen molar-refractivity contribution in [2.24, 2.45) is 0 Å². The zero-order valence-corrected chi connectivity index (χ0v) is 11.0. The summed E-state index contributed by atoms with van der Waals surface area (Å²) in [5.41, 5.74) is 3.74. The Morgan fingerprint density at radius 2 is 1.85 bits per heavy atom. The molecule has 1 heterocycles. The third kappa shape index (κ3) is 2.40. The van der Waals surface area contributed by atoms with E-state index in [0.29, 0.717) is 5.82 Å². The molecule has 0 unspecified atom stereocenters. The Morgan fingerprint density at radius 3 is 2.55 bits per heavy atom. The smallest absolute Gasteiger partial charge is 0.137 e. The van der Waals surface area contributed by atoms with Crippen LogP contribution in [0.3, 0.4) is 0 Å². The van der Waals surface area contributed by atoms with Crippen molar-refractivity contribution < 1.29 is 4.39 Å². The number of nitrogens with zero attached hydrogens (tertiary/aromatic N) is 1. The Morgan fingerprint density at radius 1 is 1.05 bits per heavy atom. The fourth-order valence-corrected chi connectivity index (χ4v) is 2.07. The molecule has 0 spiro atoms. The first-order valence-electron chi connectivity index (χ1n) is 6.35. The van der Waals surface area contributed by atoms with Crippen LogP contribution in [0.1, 0.15) is 0 Å². The molecule has 0 amide bonds. The molecule has 2 N–H and O–H groups in total. The monoisotopic (exact) mass is 267 g/mol. The molecule has 100 valence electrons. The molecule has 3 aromatic rings. The highest BCUT2D eigenvalue weighted by Crippen LogP contribution is 2.23. The van der Waals surface area contributed by atoms with Gasteiger partial charge in [-0.25, -0.2) is 9.37 Å². The number of imidazole rings is 1. The number of hydrogen-bond acceptors (Lipinski definition) is 2. The summed E-state index contributed by atoms with van der Waals surface area (Å²) < 4.78 is 13.2. The van der Waals surface area contributed by atoms with Crippen LogP contribution in [-0.2, 0) is 0 Å². The van der Waals surface area contributed by atoms with Gasteiger partial charge in [-0.05, 0) is 29.8 Å². The lowest BCUT2D eigenvalue weighted by Crippen LogP contribution is -1.87. The van der Waals surface area contributed by atoms with Crippen LogP contribution in [0.5, 0.6) is 0 Å². The number of benzene rings is 2. The maximum absolute atomic E-state index is 13.2. The largest absolute Gasteiger partial charge is 0.388 e. The lowest BCUT2D eigenvalue weighted by atomic mass is 10.1. The van der Waals surface area contributed by atoms with E-state index in [1.807, 2.05) is 37.4 Å². The van der Waals surface area contributed by atoms with E-state index in [9.17, 15) is 4.39 Å². The molecule has 0 aliphatic carbocycles. The first-order valence-corrected chi connectivity index (χ1v) is 6.35. The van der Waals surface area contributed by atoms with Gasteiger partial charge < -0.3 is 10.3 Å². The average molecular weight is 267 g/mol. The van der Waals surface area contributed by atoms with Crippen LogP contribution in [-0.4, -0.2) is 17.0 Å². The Kier molecular flexibility index (Phi) is 3.21. The van der Waals surface area contributed by atoms with Gasteiger partial charge in [0.1, 0.15) is 11.6 Å². The van der Waals surface area contributed by atoms with Crippen molar-refractivity contribution in [1.82, 2.24) is 9.97 Å². The van der Waals surface area contributed by atoms with Gasteiger partial charge in [0.2, 0.25) is 0 Å². The van der Waals surface area contributed by atoms with Crippen molar-refractivity contribution in [3.05, 3.63) is 60.5 Å². The topological polar surface area (TPSA) is 40.7 Å². The third-order valence-corrected chi connectivity index (χ3v) is 3.16.